The zero-order valence-corrected chi connectivity index (χ0v) is 22.6. The molecule has 0 atom stereocenters. The van der Waals surface area contributed by atoms with Crippen LogP contribution >= 0.6 is 0 Å². The van der Waals surface area contributed by atoms with Crippen molar-refractivity contribution >= 4 is 36.2 Å². The largest absolute Gasteiger partial charge is 0.516 e. The zero-order chi connectivity index (χ0) is 31.9. The van der Waals surface area contributed by atoms with Crippen LogP contribution in [0.5, 0.6) is 23.0 Å². The normalized spacial score (nSPS) is 9.82. The van der Waals surface area contributed by atoms with Crippen LogP contribution in [-0.2, 0) is 28.5 Å². The van der Waals surface area contributed by atoms with Crippen LogP contribution in [0.15, 0.2) is 98.1 Å². The van der Waals surface area contributed by atoms with Gasteiger partial charge in [0.2, 0.25) is 13.6 Å². The van der Waals surface area contributed by atoms with Gasteiger partial charge in [-0.3, -0.25) is 0 Å². The van der Waals surface area contributed by atoms with Gasteiger partial charge >= 0.3 is 36.2 Å². The van der Waals surface area contributed by atoms with Crippen LogP contribution < -0.4 is 18.9 Å². The molecule has 0 saturated carbocycles. The van der Waals surface area contributed by atoms with Crippen molar-refractivity contribution < 1.29 is 66.7 Å². The van der Waals surface area contributed by atoms with Crippen molar-refractivity contribution in [2.45, 2.75) is 0 Å². The van der Waals surface area contributed by atoms with E-state index in [4.69, 9.17) is 18.9 Å². The van der Waals surface area contributed by atoms with Gasteiger partial charge in [0.25, 0.3) is 0 Å². The Hall–Kier alpha value is -6.44. The number of carbonyl (C=O) groups excluding carboxylic acids is 6. The van der Waals surface area contributed by atoms with E-state index in [0.717, 1.165) is 12.2 Å². The molecule has 0 bridgehead atoms. The minimum atomic E-state index is -1.12. The van der Waals surface area contributed by atoms with E-state index in [0.29, 0.717) is 0 Å². The highest BCUT2D eigenvalue weighted by molar-refractivity contribution is 5.95. The van der Waals surface area contributed by atoms with Gasteiger partial charge < -0.3 is 37.9 Å². The highest BCUT2D eigenvalue weighted by Gasteiger charge is 2.14. The second kappa shape index (κ2) is 16.1. The number of esters is 4. The molecule has 226 valence electrons. The zero-order valence-electron chi connectivity index (χ0n) is 22.6. The molecular weight excluding hydrogens is 584 g/mol. The van der Waals surface area contributed by atoms with Crippen molar-refractivity contribution in [1.82, 2.24) is 0 Å². The molecule has 0 aliphatic heterocycles. The Morgan fingerprint density at radius 3 is 1.05 bits per heavy atom. The Morgan fingerprint density at radius 1 is 0.455 bits per heavy atom. The fourth-order valence-electron chi connectivity index (χ4n) is 2.87. The molecule has 3 aromatic rings. The molecule has 3 rings (SSSR count). The third-order valence-electron chi connectivity index (χ3n) is 4.92. The van der Waals surface area contributed by atoms with Crippen molar-refractivity contribution in [2.75, 3.05) is 13.6 Å². The van der Waals surface area contributed by atoms with Crippen LogP contribution in [0.3, 0.4) is 0 Å². The van der Waals surface area contributed by atoms with E-state index in [1.165, 1.54) is 72.8 Å². The van der Waals surface area contributed by atoms with Gasteiger partial charge in [-0.1, -0.05) is 13.2 Å². The first-order valence-corrected chi connectivity index (χ1v) is 12.2. The summed E-state index contributed by atoms with van der Waals surface area (Å²) in [5.41, 5.74) is 0.263. The number of hydrogen-bond acceptors (Lipinski definition) is 14. The fourth-order valence-corrected chi connectivity index (χ4v) is 2.87. The standard InChI is InChI=1S/C30H22O14/c1-3-25(31)37-17-39-29(35)43-23-13-9-21(10-14-23)41-27(33)19-5-7-20(8-6-19)28(34)42-22-11-15-24(16-12-22)44-30(36)40-18-38-26(32)4-2/h3-16H,1-2,17-18H2. The molecule has 0 unspecified atom stereocenters. The summed E-state index contributed by atoms with van der Waals surface area (Å²) in [6, 6.07) is 16.3. The topological polar surface area (TPSA) is 176 Å². The quantitative estimate of drug-likeness (QED) is 0.0923. The third-order valence-corrected chi connectivity index (χ3v) is 4.92. The molecule has 14 nitrogen and oxygen atoms in total. The second-order valence-corrected chi connectivity index (χ2v) is 7.86. The van der Waals surface area contributed by atoms with Gasteiger partial charge in [-0.05, 0) is 72.8 Å². The molecule has 0 fully saturated rings. The molecule has 0 N–H and O–H groups in total. The Balaban J connectivity index is 1.45. The van der Waals surface area contributed by atoms with Crippen LogP contribution in [-0.4, -0.2) is 49.8 Å². The number of rotatable bonds is 12. The molecule has 0 aliphatic rings. The van der Waals surface area contributed by atoms with Gasteiger partial charge in [0, 0.05) is 12.2 Å². The summed E-state index contributed by atoms with van der Waals surface area (Å²) in [5.74, 6) is -2.59. The number of hydrogen-bond donors (Lipinski definition) is 0. The predicted octanol–water partition coefficient (Wildman–Crippen LogP) is 4.53. The van der Waals surface area contributed by atoms with E-state index < -0.39 is 49.8 Å². The van der Waals surface area contributed by atoms with Crippen LogP contribution in [0.4, 0.5) is 9.59 Å². The third kappa shape index (κ3) is 10.5. The van der Waals surface area contributed by atoms with Gasteiger partial charge in [0.1, 0.15) is 23.0 Å². The molecule has 0 spiro atoms. The van der Waals surface area contributed by atoms with E-state index in [1.54, 1.807) is 0 Å². The Kier molecular flexibility index (Phi) is 11.7. The summed E-state index contributed by atoms with van der Waals surface area (Å²) in [6.45, 7) is 5.08. The first kappa shape index (κ1) is 32.1. The molecule has 0 aromatic heterocycles. The molecule has 0 aliphatic carbocycles. The summed E-state index contributed by atoms with van der Waals surface area (Å²) < 4.78 is 38.4. The maximum absolute atomic E-state index is 12.5. The van der Waals surface area contributed by atoms with Crippen molar-refractivity contribution in [3.63, 3.8) is 0 Å². The van der Waals surface area contributed by atoms with Gasteiger partial charge in [-0.25, -0.2) is 28.8 Å². The predicted molar refractivity (Wildman–Crippen MR) is 146 cm³/mol. The molecule has 0 saturated heterocycles. The lowest BCUT2D eigenvalue weighted by Crippen LogP contribution is -2.15. The van der Waals surface area contributed by atoms with E-state index in [9.17, 15) is 28.8 Å². The summed E-state index contributed by atoms with van der Waals surface area (Å²) in [7, 11) is 0. The fraction of sp³-hybridized carbons (Fsp3) is 0.0667. The molecule has 14 heteroatoms. The lowest BCUT2D eigenvalue weighted by Gasteiger charge is -2.08. The summed E-state index contributed by atoms with van der Waals surface area (Å²) in [6.07, 6.45) is -0.447. The average molecular weight is 606 g/mol. The Labute approximate surface area is 248 Å². The smallest absolute Gasteiger partial charge is 0.425 e. The highest BCUT2D eigenvalue weighted by atomic mass is 16.8. The maximum atomic E-state index is 12.5. The van der Waals surface area contributed by atoms with Gasteiger partial charge in [-0.15, -0.1) is 0 Å². The first-order chi connectivity index (χ1) is 21.2. The SMILES string of the molecule is C=CC(=O)OCOC(=O)Oc1ccc(OC(=O)c2ccc(C(=O)Oc3ccc(OC(=O)OCOC(=O)C=C)cc3)cc2)cc1. The lowest BCUT2D eigenvalue weighted by atomic mass is 10.1. The molecule has 44 heavy (non-hydrogen) atoms. The summed E-state index contributed by atoms with van der Waals surface area (Å²) in [5, 5.41) is 0. The minimum absolute atomic E-state index is 0.0705. The van der Waals surface area contributed by atoms with Gasteiger partial charge in [0.15, 0.2) is 0 Å². The lowest BCUT2D eigenvalue weighted by molar-refractivity contribution is -0.147. The molecule has 0 amide bonds. The Morgan fingerprint density at radius 2 is 0.750 bits per heavy atom. The van der Waals surface area contributed by atoms with Crippen LogP contribution in [0.25, 0.3) is 0 Å². The van der Waals surface area contributed by atoms with Crippen molar-refractivity contribution in [1.29, 1.82) is 0 Å². The van der Waals surface area contributed by atoms with Gasteiger partial charge in [0.05, 0.1) is 11.1 Å². The van der Waals surface area contributed by atoms with Crippen LogP contribution in [0.2, 0.25) is 0 Å². The van der Waals surface area contributed by atoms with Gasteiger partial charge in [-0.2, -0.15) is 0 Å². The number of carbonyl (C=O) groups is 6. The van der Waals surface area contributed by atoms with E-state index >= 15 is 0 Å². The Bertz CT molecular complexity index is 1410. The van der Waals surface area contributed by atoms with Crippen LogP contribution in [0.1, 0.15) is 20.7 Å². The maximum Gasteiger partial charge on any atom is 0.516 e. The van der Waals surface area contributed by atoms with E-state index in [-0.39, 0.29) is 34.1 Å². The summed E-state index contributed by atoms with van der Waals surface area (Å²) >= 11 is 0. The van der Waals surface area contributed by atoms with Crippen LogP contribution in [0, 0.1) is 0 Å². The monoisotopic (exact) mass is 606 g/mol. The van der Waals surface area contributed by atoms with Crippen molar-refractivity contribution in [3.8, 4) is 23.0 Å². The van der Waals surface area contributed by atoms with Crippen molar-refractivity contribution in [2.24, 2.45) is 0 Å². The summed E-state index contributed by atoms with van der Waals surface area (Å²) in [4.78, 5) is 70.0. The minimum Gasteiger partial charge on any atom is -0.425 e. The molecule has 0 heterocycles. The number of benzene rings is 3. The molecular formula is C30H22O14. The van der Waals surface area contributed by atoms with E-state index in [1.807, 2.05) is 0 Å². The van der Waals surface area contributed by atoms with E-state index in [2.05, 4.69) is 32.1 Å². The molecule has 3 aromatic carbocycles. The molecule has 0 radical (unpaired) electrons. The highest BCUT2D eigenvalue weighted by Crippen LogP contribution is 2.21. The first-order valence-electron chi connectivity index (χ1n) is 12.2. The van der Waals surface area contributed by atoms with Crippen molar-refractivity contribution in [3.05, 3.63) is 109 Å². The average Bonchev–Trinajstić information content (AvgIpc) is 3.02. The number of ether oxygens (including phenoxy) is 8. The second-order valence-electron chi connectivity index (χ2n) is 7.86.